The molecule has 1 N–H and O–H groups in total. The van der Waals surface area contributed by atoms with Crippen LogP contribution in [-0.4, -0.2) is 14.7 Å². The molecule has 1 heterocycles. The fraction of sp³-hybridized carbons (Fsp3) is 0.0870. The van der Waals surface area contributed by atoms with Gasteiger partial charge in [0.25, 0.3) is 5.91 Å². The number of para-hydroxylation sites is 1. The minimum Gasteiger partial charge on any atom is -0.487 e. The lowest BCUT2D eigenvalue weighted by molar-refractivity contribution is 0.102. The molecule has 0 aliphatic rings. The molecule has 150 valence electrons. The van der Waals surface area contributed by atoms with Crippen LogP contribution in [0.15, 0.2) is 78.9 Å². The maximum absolute atomic E-state index is 12.6. The largest absolute Gasteiger partial charge is 0.487 e. The van der Waals surface area contributed by atoms with Crippen molar-refractivity contribution in [2.24, 2.45) is 0 Å². The van der Waals surface area contributed by atoms with Crippen molar-refractivity contribution in [1.82, 2.24) is 8.75 Å². The van der Waals surface area contributed by atoms with Gasteiger partial charge >= 0.3 is 0 Å². The van der Waals surface area contributed by atoms with Gasteiger partial charge in [-0.15, -0.1) is 0 Å². The second-order valence-corrected chi connectivity index (χ2v) is 7.03. The third kappa shape index (κ3) is 5.01. The number of carbonyl (C=O) groups is 1. The molecule has 30 heavy (non-hydrogen) atoms. The molecule has 0 radical (unpaired) electrons. The highest BCUT2D eigenvalue weighted by molar-refractivity contribution is 6.99. The number of nitrogens with one attached hydrogen (secondary N) is 1. The summed E-state index contributed by atoms with van der Waals surface area (Å²) in [6.45, 7) is 2.21. The molecule has 4 rings (SSSR count). The molecule has 1 amide bonds. The first-order valence-corrected chi connectivity index (χ1v) is 10.1. The summed E-state index contributed by atoms with van der Waals surface area (Å²) in [7, 11) is 0. The van der Waals surface area contributed by atoms with Crippen molar-refractivity contribution in [1.29, 1.82) is 0 Å². The number of rotatable bonds is 7. The van der Waals surface area contributed by atoms with E-state index in [1.165, 1.54) is 0 Å². The van der Waals surface area contributed by atoms with E-state index in [-0.39, 0.29) is 5.91 Å². The van der Waals surface area contributed by atoms with E-state index >= 15 is 0 Å². The Bertz CT molecular complexity index is 1130. The van der Waals surface area contributed by atoms with Crippen LogP contribution < -0.4 is 14.8 Å². The first kappa shape index (κ1) is 19.6. The molecule has 0 saturated carbocycles. The Morgan fingerprint density at radius 3 is 2.37 bits per heavy atom. The summed E-state index contributed by atoms with van der Waals surface area (Å²) in [5, 5.41) is 2.88. The summed E-state index contributed by atoms with van der Waals surface area (Å²) >= 11 is 1.16. The predicted molar refractivity (Wildman–Crippen MR) is 116 cm³/mol. The molecule has 4 aromatic rings. The third-order valence-electron chi connectivity index (χ3n) is 4.31. The minimum absolute atomic E-state index is 0.219. The summed E-state index contributed by atoms with van der Waals surface area (Å²) in [6, 6.07) is 23.8. The van der Waals surface area contributed by atoms with Crippen molar-refractivity contribution in [3.05, 3.63) is 95.8 Å². The molecule has 0 spiro atoms. The zero-order valence-electron chi connectivity index (χ0n) is 16.2. The van der Waals surface area contributed by atoms with E-state index in [0.717, 1.165) is 28.9 Å². The van der Waals surface area contributed by atoms with E-state index in [9.17, 15) is 4.79 Å². The van der Waals surface area contributed by atoms with Crippen LogP contribution in [0.5, 0.6) is 17.2 Å². The normalized spacial score (nSPS) is 10.4. The predicted octanol–water partition coefficient (Wildman–Crippen LogP) is 5.47. The van der Waals surface area contributed by atoms with Gasteiger partial charge in [-0.3, -0.25) is 4.79 Å². The fourth-order valence-electron chi connectivity index (χ4n) is 2.69. The number of hydrogen-bond donors (Lipinski definition) is 1. The van der Waals surface area contributed by atoms with Crippen molar-refractivity contribution in [3.63, 3.8) is 0 Å². The molecule has 3 aromatic carbocycles. The van der Waals surface area contributed by atoms with Crippen LogP contribution in [0.2, 0.25) is 0 Å². The Morgan fingerprint density at radius 1 is 0.900 bits per heavy atom. The van der Waals surface area contributed by atoms with E-state index in [4.69, 9.17) is 9.47 Å². The van der Waals surface area contributed by atoms with Crippen molar-refractivity contribution in [2.75, 3.05) is 5.32 Å². The number of anilines is 1. The van der Waals surface area contributed by atoms with Gasteiger partial charge in [0.2, 0.25) is 0 Å². The van der Waals surface area contributed by atoms with E-state index in [0.29, 0.717) is 29.4 Å². The minimum atomic E-state index is -0.219. The average Bonchev–Trinajstić information content (AvgIpc) is 3.19. The standard InChI is InChI=1S/C23H19N3O3S/c1-16-22(26-30-25-16)15-28-21-9-5-6-17(14-21)23(27)24-18-10-12-20(13-11-18)29-19-7-3-2-4-8-19/h2-14H,15H2,1H3,(H,24,27). The number of carbonyl (C=O) groups excluding carboxylic acids is 1. The van der Waals surface area contributed by atoms with Gasteiger partial charge in [0.15, 0.2) is 0 Å². The van der Waals surface area contributed by atoms with Gasteiger partial charge in [0.05, 0.1) is 17.4 Å². The number of benzene rings is 3. The van der Waals surface area contributed by atoms with Crippen LogP contribution in [0.3, 0.4) is 0 Å². The lowest BCUT2D eigenvalue weighted by atomic mass is 10.2. The van der Waals surface area contributed by atoms with Crippen molar-refractivity contribution in [2.45, 2.75) is 13.5 Å². The van der Waals surface area contributed by atoms with Crippen LogP contribution >= 0.6 is 11.7 Å². The van der Waals surface area contributed by atoms with E-state index in [1.807, 2.05) is 55.5 Å². The highest BCUT2D eigenvalue weighted by atomic mass is 32.1. The lowest BCUT2D eigenvalue weighted by Crippen LogP contribution is -2.12. The summed E-state index contributed by atoms with van der Waals surface area (Å²) in [5.41, 5.74) is 2.84. The van der Waals surface area contributed by atoms with Crippen LogP contribution in [0.4, 0.5) is 5.69 Å². The van der Waals surface area contributed by atoms with Gasteiger partial charge in [-0.25, -0.2) is 0 Å². The van der Waals surface area contributed by atoms with Gasteiger partial charge in [0.1, 0.15) is 29.5 Å². The second-order valence-electron chi connectivity index (χ2n) is 6.51. The maximum atomic E-state index is 12.6. The maximum Gasteiger partial charge on any atom is 0.255 e. The number of amides is 1. The van der Waals surface area contributed by atoms with E-state index in [2.05, 4.69) is 14.1 Å². The highest BCUT2D eigenvalue weighted by Crippen LogP contribution is 2.23. The van der Waals surface area contributed by atoms with Crippen LogP contribution in [0, 0.1) is 6.92 Å². The molecular weight excluding hydrogens is 398 g/mol. The molecule has 0 unspecified atom stereocenters. The third-order valence-corrected chi connectivity index (χ3v) is 4.97. The van der Waals surface area contributed by atoms with Gasteiger partial charge < -0.3 is 14.8 Å². The molecule has 1 aromatic heterocycles. The number of hydrogen-bond acceptors (Lipinski definition) is 6. The zero-order valence-corrected chi connectivity index (χ0v) is 17.1. The Balaban J connectivity index is 1.37. The van der Waals surface area contributed by atoms with Crippen molar-refractivity contribution >= 4 is 23.3 Å². The fourth-order valence-corrected chi connectivity index (χ4v) is 3.25. The molecule has 0 bridgehead atoms. The monoisotopic (exact) mass is 417 g/mol. The Labute approximate surface area is 178 Å². The molecular formula is C23H19N3O3S. The van der Waals surface area contributed by atoms with Gasteiger partial charge in [-0.2, -0.15) is 8.75 Å². The molecule has 6 nitrogen and oxygen atoms in total. The SMILES string of the molecule is Cc1nsnc1COc1cccc(C(=O)Nc2ccc(Oc3ccccc3)cc2)c1. The summed E-state index contributed by atoms with van der Waals surface area (Å²) < 4.78 is 19.8. The van der Waals surface area contributed by atoms with Gasteiger partial charge in [-0.1, -0.05) is 24.3 Å². The molecule has 0 aliphatic heterocycles. The smallest absolute Gasteiger partial charge is 0.255 e. The van der Waals surface area contributed by atoms with E-state index in [1.54, 1.807) is 30.3 Å². The summed E-state index contributed by atoms with van der Waals surface area (Å²) in [5.74, 6) is 1.83. The van der Waals surface area contributed by atoms with Crippen LogP contribution in [0.25, 0.3) is 0 Å². The Hall–Kier alpha value is -3.71. The summed E-state index contributed by atoms with van der Waals surface area (Å²) in [6.07, 6.45) is 0. The molecule has 7 heteroatoms. The van der Waals surface area contributed by atoms with Gasteiger partial charge in [-0.05, 0) is 61.5 Å². The quantitative estimate of drug-likeness (QED) is 0.432. The molecule has 0 fully saturated rings. The number of aryl methyl sites for hydroxylation is 1. The van der Waals surface area contributed by atoms with Crippen LogP contribution in [0.1, 0.15) is 21.7 Å². The van der Waals surface area contributed by atoms with Gasteiger partial charge in [0, 0.05) is 11.3 Å². The summed E-state index contributed by atoms with van der Waals surface area (Å²) in [4.78, 5) is 12.6. The van der Waals surface area contributed by atoms with Crippen molar-refractivity contribution < 1.29 is 14.3 Å². The average molecular weight is 417 g/mol. The Morgan fingerprint density at radius 2 is 1.63 bits per heavy atom. The molecule has 0 saturated heterocycles. The Kier molecular flexibility index (Phi) is 6.01. The van der Waals surface area contributed by atoms with E-state index < -0.39 is 0 Å². The first-order chi connectivity index (χ1) is 14.7. The van der Waals surface area contributed by atoms with Crippen LogP contribution in [-0.2, 0) is 6.61 Å². The highest BCUT2D eigenvalue weighted by Gasteiger charge is 2.09. The number of nitrogens with zero attached hydrogens (tertiary/aromatic N) is 2. The van der Waals surface area contributed by atoms with Crippen molar-refractivity contribution in [3.8, 4) is 17.2 Å². The zero-order chi connectivity index (χ0) is 20.8. The number of aromatic nitrogens is 2. The first-order valence-electron chi connectivity index (χ1n) is 9.32. The molecule has 0 atom stereocenters. The topological polar surface area (TPSA) is 73.3 Å². The number of ether oxygens (including phenoxy) is 2. The molecule has 0 aliphatic carbocycles. The lowest BCUT2D eigenvalue weighted by Gasteiger charge is -2.09. The second kappa shape index (κ2) is 9.19.